The quantitative estimate of drug-likeness (QED) is 0.834. The average molecular weight is 262 g/mol. The van der Waals surface area contributed by atoms with E-state index >= 15 is 0 Å². The third kappa shape index (κ3) is 2.26. The summed E-state index contributed by atoms with van der Waals surface area (Å²) in [6.07, 6.45) is 1.68. The van der Waals surface area contributed by atoms with Gasteiger partial charge in [0.2, 0.25) is 5.89 Å². The Morgan fingerprint density at radius 2 is 1.89 bits per heavy atom. The van der Waals surface area contributed by atoms with E-state index in [9.17, 15) is 4.39 Å². The van der Waals surface area contributed by atoms with Crippen LogP contribution < -0.4 is 0 Å². The molecule has 0 radical (unpaired) electrons. The molecule has 1 aliphatic rings. The van der Waals surface area contributed by atoms with Crippen molar-refractivity contribution in [2.45, 2.75) is 25.2 Å². The predicted molar refractivity (Wildman–Crippen MR) is 67.1 cm³/mol. The highest BCUT2D eigenvalue weighted by atomic mass is 19.1. The summed E-state index contributed by atoms with van der Waals surface area (Å²) < 4.78 is 24.7. The Morgan fingerprint density at radius 1 is 1.16 bits per heavy atom. The number of hydrogen-bond donors (Lipinski definition) is 0. The van der Waals surface area contributed by atoms with E-state index in [0.717, 1.165) is 12.8 Å². The molecule has 1 aromatic heterocycles. The minimum atomic E-state index is -0.352. The fraction of sp³-hybridized carbons (Fsp3) is 0.429. The van der Waals surface area contributed by atoms with Gasteiger partial charge in [-0.3, -0.25) is 0 Å². The van der Waals surface area contributed by atoms with E-state index < -0.39 is 0 Å². The summed E-state index contributed by atoms with van der Waals surface area (Å²) in [6, 6.07) is 6.41. The molecular weight excluding hydrogens is 247 g/mol. The van der Waals surface area contributed by atoms with Crippen LogP contribution in [0.2, 0.25) is 0 Å². The van der Waals surface area contributed by atoms with Crippen LogP contribution in [-0.2, 0) is 10.2 Å². The standard InChI is InChI=1S/C14H15FN2O2/c1-14(6-8-18-9-7-14)13-17-16-12(19-13)10-4-2-3-5-11(10)15/h2-5H,6-9H2,1H3. The maximum Gasteiger partial charge on any atom is 0.250 e. The van der Waals surface area contributed by atoms with Crippen molar-refractivity contribution in [2.75, 3.05) is 13.2 Å². The molecule has 0 spiro atoms. The highest BCUT2D eigenvalue weighted by Crippen LogP contribution is 2.34. The topological polar surface area (TPSA) is 48.2 Å². The SMILES string of the molecule is CC1(c2nnc(-c3ccccc3F)o2)CCOCC1. The van der Waals surface area contributed by atoms with Gasteiger partial charge in [-0.1, -0.05) is 19.1 Å². The monoisotopic (exact) mass is 262 g/mol. The molecule has 1 aliphatic heterocycles. The maximum atomic E-state index is 13.7. The van der Waals surface area contributed by atoms with Crippen LogP contribution >= 0.6 is 0 Å². The fourth-order valence-electron chi connectivity index (χ4n) is 2.25. The number of ether oxygens (including phenoxy) is 1. The lowest BCUT2D eigenvalue weighted by molar-refractivity contribution is 0.0471. The largest absolute Gasteiger partial charge is 0.420 e. The summed E-state index contributed by atoms with van der Waals surface area (Å²) in [7, 11) is 0. The van der Waals surface area contributed by atoms with Gasteiger partial charge in [0.15, 0.2) is 0 Å². The molecule has 0 amide bonds. The highest BCUT2D eigenvalue weighted by molar-refractivity contribution is 5.53. The average Bonchev–Trinajstić information content (AvgIpc) is 2.90. The van der Waals surface area contributed by atoms with Crippen molar-refractivity contribution < 1.29 is 13.5 Å². The van der Waals surface area contributed by atoms with Crippen molar-refractivity contribution in [3.8, 4) is 11.5 Å². The first-order valence-electron chi connectivity index (χ1n) is 6.36. The molecular formula is C14H15FN2O2. The van der Waals surface area contributed by atoms with Gasteiger partial charge in [0.25, 0.3) is 5.89 Å². The number of nitrogens with zero attached hydrogens (tertiary/aromatic N) is 2. The van der Waals surface area contributed by atoms with Crippen molar-refractivity contribution in [1.82, 2.24) is 10.2 Å². The first-order chi connectivity index (χ1) is 9.19. The number of hydrogen-bond acceptors (Lipinski definition) is 4. The normalized spacial score (nSPS) is 18.4. The van der Waals surface area contributed by atoms with E-state index in [1.165, 1.54) is 6.07 Å². The minimum Gasteiger partial charge on any atom is -0.420 e. The summed E-state index contributed by atoms with van der Waals surface area (Å²) in [5.74, 6) is 0.449. The smallest absolute Gasteiger partial charge is 0.250 e. The second kappa shape index (κ2) is 4.74. The van der Waals surface area contributed by atoms with Gasteiger partial charge in [-0.25, -0.2) is 4.39 Å². The molecule has 4 nitrogen and oxygen atoms in total. The second-order valence-electron chi connectivity index (χ2n) is 5.07. The van der Waals surface area contributed by atoms with Crippen molar-refractivity contribution in [2.24, 2.45) is 0 Å². The number of rotatable bonds is 2. The van der Waals surface area contributed by atoms with Crippen LogP contribution in [0.3, 0.4) is 0 Å². The van der Waals surface area contributed by atoms with Gasteiger partial charge in [0, 0.05) is 13.2 Å². The molecule has 2 heterocycles. The van der Waals surface area contributed by atoms with Gasteiger partial charge >= 0.3 is 0 Å². The van der Waals surface area contributed by atoms with Gasteiger partial charge in [-0.05, 0) is 25.0 Å². The Bertz CT molecular complexity index is 576. The second-order valence-corrected chi connectivity index (χ2v) is 5.07. The van der Waals surface area contributed by atoms with Crippen LogP contribution in [0.25, 0.3) is 11.5 Å². The highest BCUT2D eigenvalue weighted by Gasteiger charge is 2.35. The number of benzene rings is 1. The summed E-state index contributed by atoms with van der Waals surface area (Å²) in [5.41, 5.74) is 0.172. The van der Waals surface area contributed by atoms with Crippen LogP contribution in [-0.4, -0.2) is 23.4 Å². The van der Waals surface area contributed by atoms with Crippen molar-refractivity contribution in [3.05, 3.63) is 36.0 Å². The van der Waals surface area contributed by atoms with E-state index in [0.29, 0.717) is 24.7 Å². The van der Waals surface area contributed by atoms with Crippen LogP contribution in [0.4, 0.5) is 4.39 Å². The molecule has 100 valence electrons. The predicted octanol–water partition coefficient (Wildman–Crippen LogP) is 2.94. The third-order valence-corrected chi connectivity index (χ3v) is 3.64. The Balaban J connectivity index is 1.93. The van der Waals surface area contributed by atoms with Gasteiger partial charge in [0.1, 0.15) is 5.82 Å². The van der Waals surface area contributed by atoms with Crippen molar-refractivity contribution >= 4 is 0 Å². The fourth-order valence-corrected chi connectivity index (χ4v) is 2.25. The molecule has 3 rings (SSSR count). The molecule has 0 saturated carbocycles. The molecule has 5 heteroatoms. The molecule has 19 heavy (non-hydrogen) atoms. The molecule has 0 bridgehead atoms. The maximum absolute atomic E-state index is 13.7. The van der Waals surface area contributed by atoms with E-state index in [2.05, 4.69) is 17.1 Å². The van der Waals surface area contributed by atoms with E-state index in [4.69, 9.17) is 9.15 Å². The van der Waals surface area contributed by atoms with Crippen LogP contribution in [0.5, 0.6) is 0 Å². The van der Waals surface area contributed by atoms with Crippen molar-refractivity contribution in [1.29, 1.82) is 0 Å². The minimum absolute atomic E-state index is 0.172. The van der Waals surface area contributed by atoms with Crippen LogP contribution in [0.1, 0.15) is 25.7 Å². The molecule has 1 fully saturated rings. The zero-order chi connectivity index (χ0) is 13.3. The summed E-state index contributed by atoms with van der Waals surface area (Å²) in [4.78, 5) is 0. The molecule has 0 N–H and O–H groups in total. The number of aromatic nitrogens is 2. The zero-order valence-electron chi connectivity index (χ0n) is 10.7. The Kier molecular flexibility index (Phi) is 3.06. The first-order valence-corrected chi connectivity index (χ1v) is 6.36. The third-order valence-electron chi connectivity index (χ3n) is 3.64. The lowest BCUT2D eigenvalue weighted by Crippen LogP contribution is -2.30. The van der Waals surface area contributed by atoms with Gasteiger partial charge in [0.05, 0.1) is 11.0 Å². The van der Waals surface area contributed by atoms with Gasteiger partial charge in [-0.15, -0.1) is 10.2 Å². The van der Waals surface area contributed by atoms with E-state index in [1.807, 2.05) is 0 Å². The lowest BCUT2D eigenvalue weighted by Gasteiger charge is -2.29. The summed E-state index contributed by atoms with van der Waals surface area (Å²) >= 11 is 0. The van der Waals surface area contributed by atoms with Crippen molar-refractivity contribution in [3.63, 3.8) is 0 Å². The lowest BCUT2D eigenvalue weighted by atomic mass is 9.82. The zero-order valence-corrected chi connectivity index (χ0v) is 10.7. The Hall–Kier alpha value is -1.75. The number of halogens is 1. The first kappa shape index (κ1) is 12.3. The summed E-state index contributed by atoms with van der Waals surface area (Å²) in [5, 5.41) is 8.06. The molecule has 0 atom stereocenters. The summed E-state index contributed by atoms with van der Waals surface area (Å²) in [6.45, 7) is 3.45. The Morgan fingerprint density at radius 3 is 2.63 bits per heavy atom. The van der Waals surface area contributed by atoms with Crippen LogP contribution in [0, 0.1) is 5.82 Å². The Labute approximate surface area is 110 Å². The van der Waals surface area contributed by atoms with E-state index in [1.54, 1.807) is 18.2 Å². The van der Waals surface area contributed by atoms with Crippen LogP contribution in [0.15, 0.2) is 28.7 Å². The molecule has 1 aromatic carbocycles. The molecule has 2 aromatic rings. The van der Waals surface area contributed by atoms with Gasteiger partial charge < -0.3 is 9.15 Å². The molecule has 0 aliphatic carbocycles. The molecule has 1 saturated heterocycles. The van der Waals surface area contributed by atoms with Gasteiger partial charge in [-0.2, -0.15) is 0 Å². The van der Waals surface area contributed by atoms with E-state index in [-0.39, 0.29) is 17.1 Å². The molecule has 0 unspecified atom stereocenters.